The first-order valence-corrected chi connectivity index (χ1v) is 14.2. The SMILES string of the molecule is O=C(Cc1nnc(C2CCCN(c3ccc(NC(=O)Cc4cccc(OC(F)(F)F)c4)nn3)C2)s1)Cc1ccccc1F. The first kappa shape index (κ1) is 30.0. The Morgan fingerprint density at radius 2 is 1.81 bits per heavy atom. The third-order valence-electron chi connectivity index (χ3n) is 6.69. The minimum atomic E-state index is -4.82. The number of piperidine rings is 1. The number of anilines is 2. The van der Waals surface area contributed by atoms with Gasteiger partial charge in [0.25, 0.3) is 0 Å². The summed E-state index contributed by atoms with van der Waals surface area (Å²) in [5, 5.41) is 20.9. The van der Waals surface area contributed by atoms with Gasteiger partial charge < -0.3 is 15.0 Å². The largest absolute Gasteiger partial charge is 0.573 e. The lowest BCUT2D eigenvalue weighted by Crippen LogP contribution is -2.35. The van der Waals surface area contributed by atoms with Crippen molar-refractivity contribution in [1.82, 2.24) is 20.4 Å². The average molecular weight is 615 g/mol. The van der Waals surface area contributed by atoms with Crippen molar-refractivity contribution in [2.45, 2.75) is 44.4 Å². The molecule has 224 valence electrons. The number of nitrogens with one attached hydrogen (secondary N) is 1. The van der Waals surface area contributed by atoms with Crippen LogP contribution in [0.4, 0.5) is 29.2 Å². The van der Waals surface area contributed by atoms with E-state index < -0.39 is 23.8 Å². The number of rotatable bonds is 10. The maximum Gasteiger partial charge on any atom is 0.573 e. The van der Waals surface area contributed by atoms with Crippen molar-refractivity contribution >= 4 is 34.7 Å². The third-order valence-corrected chi connectivity index (χ3v) is 7.77. The number of carbonyl (C=O) groups is 2. The number of amides is 1. The Hall–Kier alpha value is -4.46. The predicted octanol–water partition coefficient (Wildman–Crippen LogP) is 5.29. The van der Waals surface area contributed by atoms with Crippen molar-refractivity contribution in [3.8, 4) is 5.75 Å². The molecule has 2 aromatic carbocycles. The molecule has 4 aromatic rings. The zero-order valence-electron chi connectivity index (χ0n) is 22.7. The Morgan fingerprint density at radius 3 is 2.58 bits per heavy atom. The molecule has 2 aromatic heterocycles. The van der Waals surface area contributed by atoms with E-state index in [1.54, 1.807) is 30.3 Å². The number of carbonyl (C=O) groups excluding carboxylic acids is 2. The molecule has 5 rings (SSSR count). The number of ether oxygens (including phenoxy) is 1. The molecule has 0 spiro atoms. The van der Waals surface area contributed by atoms with Gasteiger partial charge in [-0.3, -0.25) is 9.59 Å². The quantitative estimate of drug-likeness (QED) is 0.240. The standard InChI is InChI=1S/C29H26F4N6O3S/c30-23-9-2-1-6-19(23)15-21(40)16-27-37-38-28(43-27)20-7-4-12-39(17-20)25-11-10-24(35-36-25)34-26(41)14-18-5-3-8-22(13-18)42-29(31,32)33/h1-3,5-6,8-11,13,20H,4,7,12,14-17H2,(H,34,35,41). The molecule has 1 fully saturated rings. The van der Waals surface area contributed by atoms with Crippen molar-refractivity contribution < 1.29 is 31.9 Å². The Labute approximate surface area is 247 Å². The molecule has 1 aliphatic rings. The van der Waals surface area contributed by atoms with E-state index >= 15 is 0 Å². The van der Waals surface area contributed by atoms with Gasteiger partial charge in [-0.1, -0.05) is 30.3 Å². The van der Waals surface area contributed by atoms with Gasteiger partial charge in [0.1, 0.15) is 27.4 Å². The molecule has 43 heavy (non-hydrogen) atoms. The summed E-state index contributed by atoms with van der Waals surface area (Å²) >= 11 is 1.38. The first-order chi connectivity index (χ1) is 20.6. The number of nitrogens with zero attached hydrogens (tertiary/aromatic N) is 5. The molecular weight excluding hydrogens is 588 g/mol. The van der Waals surface area contributed by atoms with Gasteiger partial charge in [0, 0.05) is 25.4 Å². The minimum Gasteiger partial charge on any atom is -0.406 e. The number of Topliss-reactive ketones (excluding diaryl/α,β-unsaturated/α-hetero) is 1. The smallest absolute Gasteiger partial charge is 0.406 e. The summed E-state index contributed by atoms with van der Waals surface area (Å²) in [4.78, 5) is 27.0. The van der Waals surface area contributed by atoms with Crippen LogP contribution in [0.15, 0.2) is 60.7 Å². The number of halogens is 4. The van der Waals surface area contributed by atoms with Crippen LogP contribution in [0.2, 0.25) is 0 Å². The van der Waals surface area contributed by atoms with E-state index in [1.165, 1.54) is 29.5 Å². The molecule has 1 unspecified atom stereocenters. The second-order valence-corrected chi connectivity index (χ2v) is 11.1. The molecular formula is C29H26F4N6O3S. The van der Waals surface area contributed by atoms with Gasteiger partial charge in [0.15, 0.2) is 11.6 Å². The van der Waals surface area contributed by atoms with E-state index in [1.807, 2.05) is 0 Å². The van der Waals surface area contributed by atoms with Crippen molar-refractivity contribution in [2.75, 3.05) is 23.3 Å². The lowest BCUT2D eigenvalue weighted by molar-refractivity contribution is -0.274. The molecule has 1 saturated heterocycles. The molecule has 14 heteroatoms. The van der Waals surface area contributed by atoms with E-state index in [4.69, 9.17) is 0 Å². The lowest BCUT2D eigenvalue weighted by atomic mass is 9.99. The number of aromatic nitrogens is 4. The predicted molar refractivity (Wildman–Crippen MR) is 150 cm³/mol. The van der Waals surface area contributed by atoms with E-state index in [0.29, 0.717) is 28.5 Å². The number of alkyl halides is 3. The Kier molecular flexibility index (Phi) is 9.24. The molecule has 1 amide bonds. The highest BCUT2D eigenvalue weighted by Gasteiger charge is 2.31. The van der Waals surface area contributed by atoms with Crippen LogP contribution in [-0.2, 0) is 28.9 Å². The number of hydrogen-bond acceptors (Lipinski definition) is 9. The summed E-state index contributed by atoms with van der Waals surface area (Å²) in [6.07, 6.45) is -3.14. The summed E-state index contributed by atoms with van der Waals surface area (Å²) in [6.45, 7) is 1.37. The third kappa shape index (κ3) is 8.53. The van der Waals surface area contributed by atoms with Gasteiger partial charge in [-0.05, 0) is 54.3 Å². The van der Waals surface area contributed by atoms with Gasteiger partial charge >= 0.3 is 6.36 Å². The van der Waals surface area contributed by atoms with Crippen molar-refractivity contribution in [3.05, 3.63) is 87.6 Å². The van der Waals surface area contributed by atoms with Crippen LogP contribution in [0.3, 0.4) is 0 Å². The summed E-state index contributed by atoms with van der Waals surface area (Å²) in [5.74, 6) is -0.505. The fourth-order valence-electron chi connectivity index (χ4n) is 4.76. The van der Waals surface area contributed by atoms with Crippen LogP contribution < -0.4 is 15.0 Å². The molecule has 3 heterocycles. The zero-order valence-corrected chi connectivity index (χ0v) is 23.5. The van der Waals surface area contributed by atoms with Gasteiger partial charge in [-0.15, -0.1) is 44.9 Å². The van der Waals surface area contributed by atoms with Crippen LogP contribution in [0.1, 0.15) is 39.9 Å². The highest BCUT2D eigenvalue weighted by Crippen LogP contribution is 2.31. The van der Waals surface area contributed by atoms with Crippen LogP contribution in [-0.4, -0.2) is 51.5 Å². The summed E-state index contributed by atoms with van der Waals surface area (Å²) in [7, 11) is 0. The van der Waals surface area contributed by atoms with E-state index in [0.717, 1.165) is 36.5 Å². The maximum atomic E-state index is 13.9. The van der Waals surface area contributed by atoms with E-state index in [9.17, 15) is 27.2 Å². The van der Waals surface area contributed by atoms with Crippen molar-refractivity contribution in [2.24, 2.45) is 0 Å². The first-order valence-electron chi connectivity index (χ1n) is 13.4. The Morgan fingerprint density at radius 1 is 0.977 bits per heavy atom. The summed E-state index contributed by atoms with van der Waals surface area (Å²) < 4.78 is 55.2. The molecule has 9 nitrogen and oxygen atoms in total. The highest BCUT2D eigenvalue weighted by molar-refractivity contribution is 7.11. The van der Waals surface area contributed by atoms with Crippen LogP contribution in [0.5, 0.6) is 5.75 Å². The molecule has 0 radical (unpaired) electrons. The second kappa shape index (κ2) is 13.2. The molecule has 0 bridgehead atoms. The fraction of sp³-hybridized carbons (Fsp3) is 0.310. The number of benzene rings is 2. The van der Waals surface area contributed by atoms with Crippen molar-refractivity contribution in [3.63, 3.8) is 0 Å². The Balaban J connectivity index is 1.13. The lowest BCUT2D eigenvalue weighted by Gasteiger charge is -2.32. The van der Waals surface area contributed by atoms with Gasteiger partial charge in [-0.2, -0.15) is 0 Å². The topological polar surface area (TPSA) is 110 Å². The summed E-state index contributed by atoms with van der Waals surface area (Å²) in [6, 6.07) is 14.8. The number of hydrogen-bond donors (Lipinski definition) is 1. The van der Waals surface area contributed by atoms with Gasteiger partial charge in [-0.25, -0.2) is 4.39 Å². The molecule has 1 atom stereocenters. The van der Waals surface area contributed by atoms with Gasteiger partial charge in [0.05, 0.1) is 12.8 Å². The highest BCUT2D eigenvalue weighted by atomic mass is 32.1. The van der Waals surface area contributed by atoms with E-state index in [2.05, 4.69) is 35.3 Å². The zero-order chi connectivity index (χ0) is 30.4. The number of ketones is 1. The molecule has 1 N–H and O–H groups in total. The Bertz CT molecular complexity index is 1580. The van der Waals surface area contributed by atoms with E-state index in [-0.39, 0.29) is 36.8 Å². The minimum absolute atomic E-state index is 0.00197. The van der Waals surface area contributed by atoms with Crippen LogP contribution >= 0.6 is 11.3 Å². The second-order valence-electron chi connectivity index (χ2n) is 10.00. The molecule has 0 saturated carbocycles. The monoisotopic (exact) mass is 614 g/mol. The average Bonchev–Trinajstić information content (AvgIpc) is 3.42. The molecule has 1 aliphatic heterocycles. The fourth-order valence-corrected chi connectivity index (χ4v) is 5.76. The normalized spacial score (nSPS) is 15.3. The van der Waals surface area contributed by atoms with Gasteiger partial charge in [0.2, 0.25) is 5.91 Å². The van der Waals surface area contributed by atoms with Crippen molar-refractivity contribution in [1.29, 1.82) is 0 Å². The maximum absolute atomic E-state index is 13.9. The molecule has 0 aliphatic carbocycles. The van der Waals surface area contributed by atoms with Crippen LogP contribution in [0, 0.1) is 5.82 Å². The summed E-state index contributed by atoms with van der Waals surface area (Å²) in [5.41, 5.74) is 0.703. The van der Waals surface area contributed by atoms with Crippen LogP contribution in [0.25, 0.3) is 0 Å².